The number of allylic oxidation sites excluding steroid dienone is 1. The molecule has 1 aliphatic rings. The Morgan fingerprint density at radius 1 is 1.08 bits per heavy atom. The van der Waals surface area contributed by atoms with Gasteiger partial charge in [0.25, 0.3) is 5.56 Å². The molecule has 2 heterocycles. The number of benzene rings is 3. The molecule has 0 spiro atoms. The lowest BCUT2D eigenvalue weighted by molar-refractivity contribution is -0.136. The average molecular weight is 543 g/mol. The SMILES string of the molecule is CCC1=C(C(=O)OC)[C@H](c2ccccc2)n2c(s/c(=C\c3ccc(S[C@H](C)CC)c4ccccc34)c2=O)=N1. The number of methoxy groups -OCH3 is 1. The van der Waals surface area contributed by atoms with Crippen molar-refractivity contribution in [3.63, 3.8) is 0 Å². The molecule has 0 fully saturated rings. The van der Waals surface area contributed by atoms with Gasteiger partial charge < -0.3 is 4.74 Å². The molecule has 0 aliphatic carbocycles. The molecular formula is C31H30N2O3S2. The van der Waals surface area contributed by atoms with Gasteiger partial charge in [0.2, 0.25) is 0 Å². The van der Waals surface area contributed by atoms with Crippen molar-refractivity contribution in [1.82, 2.24) is 4.57 Å². The molecule has 0 bridgehead atoms. The van der Waals surface area contributed by atoms with Crippen molar-refractivity contribution < 1.29 is 9.53 Å². The molecule has 0 radical (unpaired) electrons. The predicted octanol–water partition coefficient (Wildman–Crippen LogP) is 5.84. The molecule has 7 heteroatoms. The molecule has 5 nitrogen and oxygen atoms in total. The molecule has 0 saturated carbocycles. The Kier molecular flexibility index (Phi) is 7.68. The fourth-order valence-electron chi connectivity index (χ4n) is 4.78. The topological polar surface area (TPSA) is 60.7 Å². The van der Waals surface area contributed by atoms with E-state index >= 15 is 0 Å². The van der Waals surface area contributed by atoms with Crippen molar-refractivity contribution in [3.8, 4) is 0 Å². The number of hydrogen-bond acceptors (Lipinski definition) is 6. The maximum absolute atomic E-state index is 13.9. The van der Waals surface area contributed by atoms with Gasteiger partial charge in [-0.05, 0) is 46.9 Å². The quantitative estimate of drug-likeness (QED) is 0.217. The third-order valence-corrected chi connectivity index (χ3v) is 9.20. The van der Waals surface area contributed by atoms with Crippen LogP contribution in [0.15, 0.2) is 92.7 Å². The number of nitrogens with zero attached hydrogens (tertiary/aromatic N) is 2. The monoisotopic (exact) mass is 542 g/mol. The van der Waals surface area contributed by atoms with Crippen LogP contribution in [0, 0.1) is 0 Å². The minimum Gasteiger partial charge on any atom is -0.466 e. The van der Waals surface area contributed by atoms with Gasteiger partial charge in [-0.15, -0.1) is 11.8 Å². The lowest BCUT2D eigenvalue weighted by Crippen LogP contribution is -2.40. The predicted molar refractivity (Wildman–Crippen MR) is 156 cm³/mol. The van der Waals surface area contributed by atoms with E-state index in [1.807, 2.05) is 61.2 Å². The Hall–Kier alpha value is -3.42. The maximum Gasteiger partial charge on any atom is 0.338 e. The van der Waals surface area contributed by atoms with Crippen LogP contribution < -0.4 is 14.9 Å². The number of ether oxygens (including phenoxy) is 1. The average Bonchev–Trinajstić information content (AvgIpc) is 3.27. The molecule has 1 aromatic heterocycles. The van der Waals surface area contributed by atoms with E-state index in [4.69, 9.17) is 9.73 Å². The van der Waals surface area contributed by atoms with Gasteiger partial charge in [0.05, 0.1) is 29.0 Å². The number of thiazole rings is 1. The van der Waals surface area contributed by atoms with Crippen LogP contribution in [0.3, 0.4) is 0 Å². The first-order valence-corrected chi connectivity index (χ1v) is 14.5. The number of carbonyl (C=O) groups is 1. The highest BCUT2D eigenvalue weighted by Crippen LogP contribution is 2.34. The van der Waals surface area contributed by atoms with Crippen LogP contribution in [0.2, 0.25) is 0 Å². The van der Waals surface area contributed by atoms with E-state index in [2.05, 4.69) is 44.2 Å². The van der Waals surface area contributed by atoms with Crippen molar-refractivity contribution in [3.05, 3.63) is 109 Å². The Balaban J connectivity index is 1.72. The van der Waals surface area contributed by atoms with Gasteiger partial charge in [-0.2, -0.15) is 0 Å². The lowest BCUT2D eigenvalue weighted by atomic mass is 9.95. The van der Waals surface area contributed by atoms with E-state index in [0.717, 1.165) is 22.9 Å². The summed E-state index contributed by atoms with van der Waals surface area (Å²) in [4.78, 5) is 33.5. The minimum atomic E-state index is -0.594. The normalized spacial score (nSPS) is 16.3. The lowest BCUT2D eigenvalue weighted by Gasteiger charge is -2.25. The molecule has 38 heavy (non-hydrogen) atoms. The van der Waals surface area contributed by atoms with Gasteiger partial charge in [0, 0.05) is 10.1 Å². The summed E-state index contributed by atoms with van der Waals surface area (Å²) in [6.07, 6.45) is 3.61. The first-order chi connectivity index (χ1) is 18.5. The Morgan fingerprint density at radius 3 is 2.47 bits per heavy atom. The molecule has 0 unspecified atom stereocenters. The van der Waals surface area contributed by atoms with Gasteiger partial charge in [-0.1, -0.05) is 92.8 Å². The zero-order chi connectivity index (χ0) is 26.8. The number of hydrogen-bond donors (Lipinski definition) is 0. The third kappa shape index (κ3) is 4.76. The standard InChI is InChI=1S/C31H30N2O3S2/c1-5-19(3)37-25-17-16-21(22-14-10-11-15-23(22)25)18-26-29(34)33-28(20-12-8-7-9-13-20)27(30(35)36-4)24(6-2)32-31(33)38-26/h7-19,28H,5-6H2,1-4H3/b26-18-/t19-,28+/m1/s1. The van der Waals surface area contributed by atoms with Crippen molar-refractivity contribution in [2.45, 2.75) is 49.8 Å². The summed E-state index contributed by atoms with van der Waals surface area (Å²) in [5.41, 5.74) is 2.73. The van der Waals surface area contributed by atoms with Gasteiger partial charge in [0.15, 0.2) is 4.80 Å². The molecule has 5 rings (SSSR count). The molecule has 194 valence electrons. The first kappa shape index (κ1) is 26.2. The summed E-state index contributed by atoms with van der Waals surface area (Å²) in [6, 6.07) is 21.6. The summed E-state index contributed by atoms with van der Waals surface area (Å²) in [5.74, 6) is -0.464. The Bertz CT molecular complexity index is 1720. The molecule has 0 saturated heterocycles. The maximum atomic E-state index is 13.9. The summed E-state index contributed by atoms with van der Waals surface area (Å²) in [7, 11) is 1.37. The first-order valence-electron chi connectivity index (χ1n) is 12.8. The number of carbonyl (C=O) groups excluding carboxylic acids is 1. The summed E-state index contributed by atoms with van der Waals surface area (Å²) in [5, 5.41) is 2.81. The largest absolute Gasteiger partial charge is 0.466 e. The molecule has 3 aromatic carbocycles. The van der Waals surface area contributed by atoms with Crippen LogP contribution in [0.1, 0.15) is 50.8 Å². The molecule has 2 atom stereocenters. The van der Waals surface area contributed by atoms with Crippen molar-refractivity contribution in [2.24, 2.45) is 4.99 Å². The second kappa shape index (κ2) is 11.1. The smallest absolute Gasteiger partial charge is 0.338 e. The van der Waals surface area contributed by atoms with Crippen LogP contribution in [0.5, 0.6) is 0 Å². The van der Waals surface area contributed by atoms with Crippen molar-refractivity contribution in [1.29, 1.82) is 0 Å². The fourth-order valence-corrected chi connectivity index (χ4v) is 6.84. The second-order valence-electron chi connectivity index (χ2n) is 9.23. The number of thioether (sulfide) groups is 1. The van der Waals surface area contributed by atoms with Crippen LogP contribution >= 0.6 is 23.1 Å². The van der Waals surface area contributed by atoms with E-state index < -0.39 is 12.0 Å². The Labute approximate surface area is 230 Å². The van der Waals surface area contributed by atoms with Crippen LogP contribution in [-0.4, -0.2) is 22.9 Å². The highest BCUT2D eigenvalue weighted by Gasteiger charge is 2.33. The Morgan fingerprint density at radius 2 is 1.79 bits per heavy atom. The second-order valence-corrected chi connectivity index (χ2v) is 11.7. The number of esters is 1. The minimum absolute atomic E-state index is 0.165. The van der Waals surface area contributed by atoms with E-state index in [-0.39, 0.29) is 5.56 Å². The number of aromatic nitrogens is 1. The molecule has 1 aliphatic heterocycles. The van der Waals surface area contributed by atoms with E-state index in [9.17, 15) is 9.59 Å². The van der Waals surface area contributed by atoms with Gasteiger partial charge >= 0.3 is 5.97 Å². The summed E-state index contributed by atoms with van der Waals surface area (Å²) in [6.45, 7) is 6.40. The van der Waals surface area contributed by atoms with Gasteiger partial charge in [-0.25, -0.2) is 9.79 Å². The number of fused-ring (bicyclic) bond motifs is 2. The fraction of sp³-hybridized carbons (Fsp3) is 0.258. The highest BCUT2D eigenvalue weighted by atomic mass is 32.2. The van der Waals surface area contributed by atoms with Crippen molar-refractivity contribution in [2.75, 3.05) is 7.11 Å². The van der Waals surface area contributed by atoms with Crippen LogP contribution in [-0.2, 0) is 9.53 Å². The zero-order valence-corrected chi connectivity index (χ0v) is 23.6. The highest BCUT2D eigenvalue weighted by molar-refractivity contribution is 8.00. The molecule has 0 amide bonds. The molecule has 0 N–H and O–H groups in total. The zero-order valence-electron chi connectivity index (χ0n) is 21.9. The van der Waals surface area contributed by atoms with Crippen LogP contribution in [0.25, 0.3) is 16.8 Å². The third-order valence-electron chi connectivity index (χ3n) is 6.87. The van der Waals surface area contributed by atoms with Gasteiger partial charge in [-0.3, -0.25) is 9.36 Å². The van der Waals surface area contributed by atoms with Crippen molar-refractivity contribution >= 4 is 45.9 Å². The summed E-state index contributed by atoms with van der Waals surface area (Å²) < 4.78 is 7.37. The van der Waals surface area contributed by atoms with E-state index in [1.165, 1.54) is 28.7 Å². The molecule has 4 aromatic rings. The van der Waals surface area contributed by atoms with Gasteiger partial charge in [0.1, 0.15) is 0 Å². The number of rotatable bonds is 7. The molecular weight excluding hydrogens is 512 g/mol. The van der Waals surface area contributed by atoms with E-state index in [1.54, 1.807) is 4.57 Å². The summed E-state index contributed by atoms with van der Waals surface area (Å²) >= 11 is 3.24. The van der Waals surface area contributed by atoms with E-state index in [0.29, 0.717) is 32.3 Å². The van der Waals surface area contributed by atoms with Crippen LogP contribution in [0.4, 0.5) is 0 Å².